The van der Waals surface area contributed by atoms with E-state index in [-0.39, 0.29) is 25.0 Å². The van der Waals surface area contributed by atoms with Crippen molar-refractivity contribution >= 4 is 34.6 Å². The monoisotopic (exact) mass is 474 g/mol. The molecule has 0 saturated heterocycles. The van der Waals surface area contributed by atoms with Crippen molar-refractivity contribution in [1.82, 2.24) is 10.3 Å². The predicted octanol–water partition coefficient (Wildman–Crippen LogP) is 4.54. The molecule has 7 nitrogen and oxygen atoms in total. The van der Waals surface area contributed by atoms with Crippen LogP contribution in [0.2, 0.25) is 0 Å². The highest BCUT2D eigenvalue weighted by Crippen LogP contribution is 2.29. The highest BCUT2D eigenvalue weighted by Gasteiger charge is 2.21. The Labute approximate surface area is 195 Å². The molecule has 32 heavy (non-hydrogen) atoms. The Morgan fingerprint density at radius 1 is 1.25 bits per heavy atom. The van der Waals surface area contributed by atoms with Gasteiger partial charge in [-0.05, 0) is 43.8 Å². The van der Waals surface area contributed by atoms with Gasteiger partial charge in [0, 0.05) is 34.3 Å². The minimum atomic E-state index is -1.01. The molecule has 1 aromatic carbocycles. The first-order valence-corrected chi connectivity index (χ1v) is 11.9. The molecular formula is C23H26N2O5S2. The minimum Gasteiger partial charge on any atom is -0.496 e. The van der Waals surface area contributed by atoms with Crippen LogP contribution in [-0.4, -0.2) is 41.3 Å². The van der Waals surface area contributed by atoms with E-state index in [1.54, 1.807) is 38.4 Å². The SMILES string of the molecule is COc1ccc(CC(OC(C)C)C(=O)O)cc1CNC(=O)c1nc(-c2ccsc2)sc1C. The number of nitrogens with zero attached hydrogens (tertiary/aromatic N) is 1. The van der Waals surface area contributed by atoms with Crippen molar-refractivity contribution in [2.24, 2.45) is 0 Å². The summed E-state index contributed by atoms with van der Waals surface area (Å²) in [6, 6.07) is 7.40. The van der Waals surface area contributed by atoms with Gasteiger partial charge in [-0.15, -0.1) is 11.3 Å². The zero-order valence-corrected chi connectivity index (χ0v) is 20.0. The van der Waals surface area contributed by atoms with Crippen molar-refractivity contribution in [3.8, 4) is 16.3 Å². The molecule has 0 saturated carbocycles. The molecule has 0 bridgehead atoms. The lowest BCUT2D eigenvalue weighted by molar-refractivity contribution is -0.153. The van der Waals surface area contributed by atoms with E-state index < -0.39 is 12.1 Å². The van der Waals surface area contributed by atoms with E-state index in [1.807, 2.05) is 35.9 Å². The highest BCUT2D eigenvalue weighted by atomic mass is 32.1. The number of carboxylic acids is 1. The topological polar surface area (TPSA) is 97.8 Å². The first-order valence-electron chi connectivity index (χ1n) is 10.1. The van der Waals surface area contributed by atoms with E-state index in [0.717, 1.165) is 26.6 Å². The van der Waals surface area contributed by atoms with E-state index in [4.69, 9.17) is 9.47 Å². The Kier molecular flexibility index (Phi) is 8.00. The van der Waals surface area contributed by atoms with E-state index in [2.05, 4.69) is 10.3 Å². The number of carbonyl (C=O) groups excluding carboxylic acids is 1. The molecule has 1 amide bonds. The summed E-state index contributed by atoms with van der Waals surface area (Å²) in [4.78, 5) is 29.7. The molecule has 0 aliphatic carbocycles. The largest absolute Gasteiger partial charge is 0.496 e. The molecule has 170 valence electrons. The van der Waals surface area contributed by atoms with Crippen molar-refractivity contribution in [1.29, 1.82) is 0 Å². The van der Waals surface area contributed by atoms with Crippen LogP contribution in [0.25, 0.3) is 10.6 Å². The summed E-state index contributed by atoms with van der Waals surface area (Å²) in [5.74, 6) is -0.663. The van der Waals surface area contributed by atoms with Crippen molar-refractivity contribution in [3.63, 3.8) is 0 Å². The fraction of sp³-hybridized carbons (Fsp3) is 0.348. The molecule has 0 spiro atoms. The van der Waals surface area contributed by atoms with Crippen molar-refractivity contribution in [2.75, 3.05) is 7.11 Å². The van der Waals surface area contributed by atoms with Gasteiger partial charge in [0.15, 0.2) is 6.10 Å². The summed E-state index contributed by atoms with van der Waals surface area (Å²) in [6.45, 7) is 5.71. The maximum absolute atomic E-state index is 12.8. The van der Waals surface area contributed by atoms with Crippen LogP contribution >= 0.6 is 22.7 Å². The van der Waals surface area contributed by atoms with E-state index in [1.165, 1.54) is 11.3 Å². The highest BCUT2D eigenvalue weighted by molar-refractivity contribution is 7.15. The van der Waals surface area contributed by atoms with Gasteiger partial charge in [-0.2, -0.15) is 11.3 Å². The lowest BCUT2D eigenvalue weighted by atomic mass is 10.0. The van der Waals surface area contributed by atoms with Crippen molar-refractivity contribution in [2.45, 2.75) is 45.9 Å². The van der Waals surface area contributed by atoms with Crippen LogP contribution in [0.1, 0.15) is 40.3 Å². The number of carboxylic acid groups (broad SMARTS) is 1. The zero-order valence-electron chi connectivity index (χ0n) is 18.4. The standard InChI is InChI=1S/C23H26N2O5S2/c1-13(2)30-19(23(27)28)10-15-5-6-18(29-4)17(9-15)11-24-21(26)20-14(3)32-22(25-20)16-7-8-31-12-16/h5-9,12-13,19H,10-11H2,1-4H3,(H,24,26)(H,27,28). The second-order valence-corrected chi connectivity index (χ2v) is 9.46. The van der Waals surface area contributed by atoms with Crippen LogP contribution < -0.4 is 10.1 Å². The number of ether oxygens (including phenoxy) is 2. The lowest BCUT2D eigenvalue weighted by Gasteiger charge is -2.18. The number of thiazole rings is 1. The summed E-state index contributed by atoms with van der Waals surface area (Å²) < 4.78 is 10.9. The molecule has 9 heteroatoms. The van der Waals surface area contributed by atoms with Gasteiger partial charge in [-0.1, -0.05) is 12.1 Å². The molecule has 1 unspecified atom stereocenters. The number of hydrogen-bond donors (Lipinski definition) is 2. The molecule has 0 aliphatic heterocycles. The quantitative estimate of drug-likeness (QED) is 0.448. The van der Waals surface area contributed by atoms with Crippen LogP contribution in [-0.2, 0) is 22.5 Å². The fourth-order valence-electron chi connectivity index (χ4n) is 3.21. The number of carbonyl (C=O) groups is 2. The molecule has 2 heterocycles. The summed E-state index contributed by atoms with van der Waals surface area (Å²) in [5, 5.41) is 17.1. The number of hydrogen-bond acceptors (Lipinski definition) is 7. The third-order valence-corrected chi connectivity index (χ3v) is 6.40. The maximum Gasteiger partial charge on any atom is 0.333 e. The fourth-order valence-corrected chi connectivity index (χ4v) is 4.83. The van der Waals surface area contributed by atoms with Gasteiger partial charge >= 0.3 is 5.97 Å². The minimum absolute atomic E-state index is 0.201. The molecule has 0 radical (unpaired) electrons. The average molecular weight is 475 g/mol. The van der Waals surface area contributed by atoms with Gasteiger partial charge in [0.25, 0.3) is 5.91 Å². The number of nitrogens with one attached hydrogen (secondary N) is 1. The molecule has 2 aromatic heterocycles. The second-order valence-electron chi connectivity index (χ2n) is 7.48. The summed E-state index contributed by atoms with van der Waals surface area (Å²) in [7, 11) is 1.56. The van der Waals surface area contributed by atoms with E-state index in [9.17, 15) is 14.7 Å². The van der Waals surface area contributed by atoms with E-state index in [0.29, 0.717) is 11.4 Å². The Balaban J connectivity index is 1.73. The van der Waals surface area contributed by atoms with Crippen molar-refractivity contribution < 1.29 is 24.2 Å². The van der Waals surface area contributed by atoms with Crippen LogP contribution in [0.15, 0.2) is 35.0 Å². The zero-order chi connectivity index (χ0) is 23.3. The number of aliphatic carboxylic acids is 1. The first-order chi connectivity index (χ1) is 15.3. The molecule has 2 N–H and O–H groups in total. The van der Waals surface area contributed by atoms with Crippen molar-refractivity contribution in [3.05, 3.63) is 56.7 Å². The Bertz CT molecular complexity index is 1080. The number of aryl methyl sites for hydroxylation is 1. The average Bonchev–Trinajstić information content (AvgIpc) is 3.41. The van der Waals surface area contributed by atoms with Crippen LogP contribution in [0.5, 0.6) is 5.75 Å². The van der Waals surface area contributed by atoms with Crippen LogP contribution in [0, 0.1) is 6.92 Å². The maximum atomic E-state index is 12.8. The molecule has 0 aliphatic rings. The molecule has 0 fully saturated rings. The number of aromatic nitrogens is 1. The molecule has 3 aromatic rings. The third kappa shape index (κ3) is 5.93. The van der Waals surface area contributed by atoms with Gasteiger partial charge in [-0.25, -0.2) is 9.78 Å². The van der Waals surface area contributed by atoms with Crippen LogP contribution in [0.4, 0.5) is 0 Å². The summed E-state index contributed by atoms with van der Waals surface area (Å²) in [6.07, 6.45) is -0.930. The number of rotatable bonds is 10. The molecule has 1 atom stereocenters. The lowest BCUT2D eigenvalue weighted by Crippen LogP contribution is -2.29. The van der Waals surface area contributed by atoms with Crippen LogP contribution in [0.3, 0.4) is 0 Å². The number of methoxy groups -OCH3 is 1. The number of benzene rings is 1. The smallest absolute Gasteiger partial charge is 0.333 e. The predicted molar refractivity (Wildman–Crippen MR) is 126 cm³/mol. The number of thiophene rings is 1. The van der Waals surface area contributed by atoms with Gasteiger partial charge < -0.3 is 19.9 Å². The third-order valence-electron chi connectivity index (χ3n) is 4.70. The Morgan fingerprint density at radius 3 is 2.66 bits per heavy atom. The number of amides is 1. The first kappa shape index (κ1) is 23.9. The summed E-state index contributed by atoms with van der Waals surface area (Å²) >= 11 is 3.07. The van der Waals surface area contributed by atoms with Gasteiger partial charge in [0.05, 0.1) is 13.2 Å². The molecule has 3 rings (SSSR count). The second kappa shape index (κ2) is 10.7. The normalized spacial score (nSPS) is 12.0. The molecular weight excluding hydrogens is 448 g/mol. The Morgan fingerprint density at radius 2 is 2.03 bits per heavy atom. The van der Waals surface area contributed by atoms with E-state index >= 15 is 0 Å². The van der Waals surface area contributed by atoms with Gasteiger partial charge in [-0.3, -0.25) is 4.79 Å². The van der Waals surface area contributed by atoms with Gasteiger partial charge in [0.1, 0.15) is 16.5 Å². The van der Waals surface area contributed by atoms with Gasteiger partial charge in [0.2, 0.25) is 0 Å². The summed E-state index contributed by atoms with van der Waals surface area (Å²) in [5.41, 5.74) is 2.95. The Hall–Kier alpha value is -2.75.